The zero-order valence-electron chi connectivity index (χ0n) is 46.3. The molecule has 77 heavy (non-hydrogen) atoms. The number of aliphatic hydroxyl groups is 7. The summed E-state index contributed by atoms with van der Waals surface area (Å²) in [5, 5.41) is 79.8. The quantitative estimate of drug-likeness (QED) is 0.0537. The van der Waals surface area contributed by atoms with Gasteiger partial charge in [-0.1, -0.05) is 77.7 Å². The molecule has 7 N–H and O–H groups in total. The van der Waals surface area contributed by atoms with E-state index in [1.54, 1.807) is 20.8 Å². The smallest absolute Gasteiger partial charge is 0.333 e. The van der Waals surface area contributed by atoms with Crippen molar-refractivity contribution < 1.29 is 112 Å². The second-order valence-corrected chi connectivity index (χ2v) is 21.3. The molecule has 444 valence electrons. The van der Waals surface area contributed by atoms with E-state index in [9.17, 15) is 54.9 Å². The fourth-order valence-corrected chi connectivity index (χ4v) is 9.90. The van der Waals surface area contributed by atoms with E-state index >= 15 is 0 Å². The van der Waals surface area contributed by atoms with Crippen molar-refractivity contribution in [3.8, 4) is 0 Å². The number of aliphatic hydroxyl groups excluding tert-OH is 7. The monoisotopic (exact) mass is 1110 g/mol. The van der Waals surface area contributed by atoms with Gasteiger partial charge in [-0.3, -0.25) is 14.4 Å². The standard InChI is InChI=1S/C54H90O23/c1-10-13-19-23-33-24-20-17-15-14-16-18-21-25-36(57)72-47-44(75-51-42(63)41(62)43(31(8)68-51)74-49(64)27(4)12-3)32(9)69-54(48(47)73-35(56)22-11-2)77-46-40(61)38(59)34(26-66-50(65)28(5)29(6)55)71-53(46)76-45-39(60)37(58)30(7)67-52(45)70-33/h12,28-34,37-48,51-55,58-63H,10-11,13-26H2,1-9H3. The molecule has 5 aliphatic rings. The average molecular weight is 1110 g/mol. The fraction of sp³-hybridized carbons (Fsp3) is 0.889. The highest BCUT2D eigenvalue weighted by Crippen LogP contribution is 2.38. The van der Waals surface area contributed by atoms with Crippen molar-refractivity contribution in [2.75, 3.05) is 6.61 Å². The highest BCUT2D eigenvalue weighted by molar-refractivity contribution is 5.87. The first-order valence-electron chi connectivity index (χ1n) is 28.0. The maximum absolute atomic E-state index is 14.0. The van der Waals surface area contributed by atoms with E-state index < -0.39 is 165 Å². The molecular weight excluding hydrogens is 1020 g/mol. The Morgan fingerprint density at radius 3 is 1.91 bits per heavy atom. The van der Waals surface area contributed by atoms with E-state index in [0.717, 1.165) is 51.4 Å². The summed E-state index contributed by atoms with van der Waals surface area (Å²) >= 11 is 0. The molecule has 0 aromatic carbocycles. The van der Waals surface area contributed by atoms with Crippen LogP contribution in [-0.2, 0) is 76.0 Å². The molecule has 23 heteroatoms. The van der Waals surface area contributed by atoms with Gasteiger partial charge in [-0.2, -0.15) is 0 Å². The topological polar surface area (TPSA) is 321 Å². The molecule has 0 aromatic rings. The summed E-state index contributed by atoms with van der Waals surface area (Å²) in [5.41, 5.74) is 0.248. The highest BCUT2D eigenvalue weighted by Gasteiger charge is 2.58. The molecular formula is C54H90O23. The summed E-state index contributed by atoms with van der Waals surface area (Å²) in [7, 11) is 0. The van der Waals surface area contributed by atoms with E-state index in [2.05, 4.69) is 6.92 Å². The van der Waals surface area contributed by atoms with Gasteiger partial charge >= 0.3 is 23.9 Å². The second-order valence-electron chi connectivity index (χ2n) is 21.3. The molecule has 5 fully saturated rings. The van der Waals surface area contributed by atoms with Crippen molar-refractivity contribution in [3.05, 3.63) is 11.6 Å². The second kappa shape index (κ2) is 31.3. The van der Waals surface area contributed by atoms with E-state index in [0.29, 0.717) is 32.1 Å². The molecule has 2 bridgehead atoms. The molecule has 23 atom stereocenters. The third kappa shape index (κ3) is 17.8. The maximum atomic E-state index is 14.0. The summed E-state index contributed by atoms with van der Waals surface area (Å²) in [4.78, 5) is 53.4. The normalized spacial score (nSPS) is 40.2. The van der Waals surface area contributed by atoms with Crippen LogP contribution in [-0.4, -0.2) is 201 Å². The van der Waals surface area contributed by atoms with Crippen LogP contribution in [0.4, 0.5) is 0 Å². The fourth-order valence-electron chi connectivity index (χ4n) is 9.90. The molecule has 5 aliphatic heterocycles. The van der Waals surface area contributed by atoms with Gasteiger partial charge in [-0.25, -0.2) is 4.79 Å². The van der Waals surface area contributed by atoms with Gasteiger partial charge in [0.2, 0.25) is 0 Å². The first-order chi connectivity index (χ1) is 36.6. The number of esters is 4. The summed E-state index contributed by atoms with van der Waals surface area (Å²) < 4.78 is 74.2. The van der Waals surface area contributed by atoms with Crippen LogP contribution in [0.2, 0.25) is 0 Å². The number of hydrogen-bond donors (Lipinski definition) is 7. The van der Waals surface area contributed by atoms with Gasteiger partial charge in [0.25, 0.3) is 0 Å². The predicted octanol–water partition coefficient (Wildman–Crippen LogP) is 2.82. The van der Waals surface area contributed by atoms with Gasteiger partial charge < -0.3 is 92.6 Å². The van der Waals surface area contributed by atoms with Crippen molar-refractivity contribution in [1.82, 2.24) is 0 Å². The molecule has 0 radical (unpaired) electrons. The number of rotatable bonds is 15. The predicted molar refractivity (Wildman–Crippen MR) is 269 cm³/mol. The Hall–Kier alpha value is -2.98. The summed E-state index contributed by atoms with van der Waals surface area (Å²) in [6.07, 6.45) is -22.2. The molecule has 0 amide bonds. The number of unbranched alkanes of at least 4 members (excludes halogenated alkanes) is 2. The van der Waals surface area contributed by atoms with Crippen LogP contribution in [0, 0.1) is 5.92 Å². The minimum atomic E-state index is -2.02. The zero-order chi connectivity index (χ0) is 56.7. The van der Waals surface area contributed by atoms with Crippen LogP contribution in [0.5, 0.6) is 0 Å². The molecule has 0 aliphatic carbocycles. The van der Waals surface area contributed by atoms with E-state index in [1.807, 2.05) is 0 Å². The number of carbonyl (C=O) groups excluding carboxylic acids is 4. The highest BCUT2D eigenvalue weighted by atomic mass is 16.8. The number of hydrogen-bond acceptors (Lipinski definition) is 23. The molecule has 5 heterocycles. The SMILES string of the molecule is CC=C(C)C(=O)OC1C(C)OC(OC2C(C)OC3OC4C(OC(COC(=O)C(C)C(C)O)C(O)C4O)OC4C(OC(CCCCC)CCCCCCCCCC(=O)OC2C3OC(=O)CCC)OC(C)C(O)C4O)C(O)C1O. The number of ether oxygens (including phenoxy) is 12. The third-order valence-corrected chi connectivity index (χ3v) is 15.1. The Bertz CT molecular complexity index is 1850. The number of fused-ring (bicyclic) bond motifs is 4. The Kier molecular flexibility index (Phi) is 26.3. The van der Waals surface area contributed by atoms with Crippen molar-refractivity contribution in [3.63, 3.8) is 0 Å². The van der Waals surface area contributed by atoms with Crippen LogP contribution in [0.15, 0.2) is 11.6 Å². The van der Waals surface area contributed by atoms with E-state index in [1.165, 1.54) is 40.7 Å². The van der Waals surface area contributed by atoms with Crippen molar-refractivity contribution in [2.24, 2.45) is 5.92 Å². The Labute approximate surface area is 452 Å². The Morgan fingerprint density at radius 2 is 1.26 bits per heavy atom. The third-order valence-electron chi connectivity index (χ3n) is 15.1. The van der Waals surface area contributed by atoms with E-state index in [4.69, 9.17) is 56.8 Å². The molecule has 0 saturated carbocycles. The number of carbonyl (C=O) groups is 4. The Morgan fingerprint density at radius 1 is 0.649 bits per heavy atom. The molecule has 0 spiro atoms. The lowest BCUT2D eigenvalue weighted by atomic mass is 9.95. The van der Waals surface area contributed by atoms with Gasteiger partial charge in [0.05, 0.1) is 36.4 Å². The molecule has 0 aromatic heterocycles. The van der Waals surface area contributed by atoms with Crippen molar-refractivity contribution >= 4 is 23.9 Å². The maximum Gasteiger partial charge on any atom is 0.333 e. The van der Waals surface area contributed by atoms with Crippen LogP contribution in [0.3, 0.4) is 0 Å². The van der Waals surface area contributed by atoms with Gasteiger partial charge in [-0.15, -0.1) is 0 Å². The average Bonchev–Trinajstić information content (AvgIpc) is 3.42. The summed E-state index contributed by atoms with van der Waals surface area (Å²) in [6, 6.07) is 0. The Balaban J connectivity index is 1.57. The van der Waals surface area contributed by atoms with Crippen LogP contribution >= 0.6 is 0 Å². The minimum Gasteiger partial charge on any atom is -0.463 e. The first-order valence-corrected chi connectivity index (χ1v) is 28.0. The van der Waals surface area contributed by atoms with Crippen LogP contribution < -0.4 is 0 Å². The van der Waals surface area contributed by atoms with Crippen LogP contribution in [0.25, 0.3) is 0 Å². The first kappa shape index (κ1) is 64.8. The number of allylic oxidation sites excluding steroid dienone is 1. The summed E-state index contributed by atoms with van der Waals surface area (Å²) in [6.45, 7) is 13.7. The minimum absolute atomic E-state index is 0.0655. The van der Waals surface area contributed by atoms with Gasteiger partial charge in [-0.05, 0) is 74.1 Å². The van der Waals surface area contributed by atoms with Crippen LogP contribution in [0.1, 0.15) is 159 Å². The zero-order valence-corrected chi connectivity index (χ0v) is 46.3. The van der Waals surface area contributed by atoms with Gasteiger partial charge in [0.15, 0.2) is 43.5 Å². The van der Waals surface area contributed by atoms with Gasteiger partial charge in [0.1, 0.15) is 67.6 Å². The van der Waals surface area contributed by atoms with Crippen molar-refractivity contribution in [1.29, 1.82) is 0 Å². The molecule has 23 unspecified atom stereocenters. The molecule has 5 rings (SSSR count). The molecule has 23 nitrogen and oxygen atoms in total. The summed E-state index contributed by atoms with van der Waals surface area (Å²) in [5.74, 6) is -4.11. The lowest BCUT2D eigenvalue weighted by Crippen LogP contribution is -2.68. The molecule has 5 saturated heterocycles. The largest absolute Gasteiger partial charge is 0.463 e. The van der Waals surface area contributed by atoms with Crippen molar-refractivity contribution in [2.45, 2.75) is 294 Å². The lowest BCUT2D eigenvalue weighted by Gasteiger charge is -2.50. The van der Waals surface area contributed by atoms with E-state index in [-0.39, 0.29) is 24.5 Å². The lowest BCUT2D eigenvalue weighted by molar-refractivity contribution is -0.399. The van der Waals surface area contributed by atoms with Gasteiger partial charge in [0, 0.05) is 18.4 Å².